The highest BCUT2D eigenvalue weighted by molar-refractivity contribution is 6.04. The van der Waals surface area contributed by atoms with Gasteiger partial charge in [-0.2, -0.15) is 0 Å². The number of anilines is 2. The van der Waals surface area contributed by atoms with Crippen LogP contribution in [0.4, 0.5) is 11.4 Å². The Labute approximate surface area is 173 Å². The van der Waals surface area contributed by atoms with Crippen molar-refractivity contribution < 1.29 is 4.79 Å². The zero-order valence-electron chi connectivity index (χ0n) is 16.3. The highest BCUT2D eigenvalue weighted by Gasteiger charge is 2.17. The maximum atomic E-state index is 12.9. The van der Waals surface area contributed by atoms with Crippen molar-refractivity contribution in [2.45, 2.75) is 0 Å². The number of piperazine rings is 1. The van der Waals surface area contributed by atoms with Crippen LogP contribution in [-0.4, -0.2) is 52.0 Å². The number of hydrogen-bond donors (Lipinski definition) is 3. The minimum absolute atomic E-state index is 0.280. The fraction of sp³-hybridized carbons (Fsp3) is 0.182. The van der Waals surface area contributed by atoms with Crippen molar-refractivity contribution in [3.8, 4) is 11.5 Å². The van der Waals surface area contributed by atoms with Gasteiger partial charge in [0, 0.05) is 32.4 Å². The van der Waals surface area contributed by atoms with Gasteiger partial charge in [-0.1, -0.05) is 18.2 Å². The van der Waals surface area contributed by atoms with Gasteiger partial charge in [-0.25, -0.2) is 9.97 Å². The number of aromatic nitrogens is 4. The lowest BCUT2D eigenvalue weighted by Crippen LogP contribution is -2.43. The SMILES string of the molecule is O=C(Nc1cnccc1N1CCNCC1)c1cccc(-c2nc3ccccc3[nH]2)n1. The smallest absolute Gasteiger partial charge is 0.274 e. The summed E-state index contributed by atoms with van der Waals surface area (Å²) in [5.74, 6) is 0.353. The number of nitrogens with zero attached hydrogens (tertiary/aromatic N) is 4. The molecular formula is C22H21N7O. The first-order valence-corrected chi connectivity index (χ1v) is 9.91. The van der Waals surface area contributed by atoms with E-state index in [0.29, 0.717) is 22.9 Å². The summed E-state index contributed by atoms with van der Waals surface area (Å²) in [5, 5.41) is 6.31. The number of carbonyl (C=O) groups excluding carboxylic acids is 1. The van der Waals surface area contributed by atoms with E-state index >= 15 is 0 Å². The second-order valence-corrected chi connectivity index (χ2v) is 7.09. The van der Waals surface area contributed by atoms with E-state index in [0.717, 1.165) is 42.9 Å². The number of pyridine rings is 2. The van der Waals surface area contributed by atoms with E-state index in [1.165, 1.54) is 0 Å². The van der Waals surface area contributed by atoms with Gasteiger partial charge < -0.3 is 20.5 Å². The quantitative estimate of drug-likeness (QED) is 0.488. The molecule has 0 atom stereocenters. The normalized spacial score (nSPS) is 14.1. The number of nitrogens with one attached hydrogen (secondary N) is 3. The molecule has 1 aromatic carbocycles. The van der Waals surface area contributed by atoms with Gasteiger partial charge in [0.2, 0.25) is 0 Å². The molecule has 0 unspecified atom stereocenters. The van der Waals surface area contributed by atoms with Crippen molar-refractivity contribution >= 4 is 28.3 Å². The Balaban J connectivity index is 1.40. The number of hydrogen-bond acceptors (Lipinski definition) is 6. The maximum absolute atomic E-state index is 12.9. The molecule has 0 bridgehead atoms. The average Bonchev–Trinajstić information content (AvgIpc) is 3.25. The molecule has 8 heteroatoms. The fourth-order valence-electron chi connectivity index (χ4n) is 3.62. The fourth-order valence-corrected chi connectivity index (χ4v) is 3.62. The molecule has 0 spiro atoms. The second-order valence-electron chi connectivity index (χ2n) is 7.09. The third kappa shape index (κ3) is 3.60. The number of amides is 1. The molecule has 1 aliphatic rings. The Bertz CT molecular complexity index is 1160. The molecule has 4 heterocycles. The van der Waals surface area contributed by atoms with Gasteiger partial charge in [0.05, 0.1) is 28.6 Å². The van der Waals surface area contributed by atoms with Gasteiger partial charge in [0.25, 0.3) is 5.91 Å². The number of imidazole rings is 1. The van der Waals surface area contributed by atoms with Crippen LogP contribution >= 0.6 is 0 Å². The minimum atomic E-state index is -0.280. The van der Waals surface area contributed by atoms with E-state index in [1.807, 2.05) is 42.5 Å². The van der Waals surface area contributed by atoms with Crippen molar-refractivity contribution in [3.63, 3.8) is 0 Å². The molecule has 5 rings (SSSR count). The molecule has 0 radical (unpaired) electrons. The highest BCUT2D eigenvalue weighted by Crippen LogP contribution is 2.25. The Hall–Kier alpha value is -3.78. The van der Waals surface area contributed by atoms with Gasteiger partial charge in [0.15, 0.2) is 5.82 Å². The largest absolute Gasteiger partial charge is 0.367 e. The molecule has 3 aromatic heterocycles. The molecule has 1 fully saturated rings. The van der Waals surface area contributed by atoms with Gasteiger partial charge in [-0.05, 0) is 30.3 Å². The first-order chi connectivity index (χ1) is 14.8. The van der Waals surface area contributed by atoms with Crippen molar-refractivity contribution in [2.24, 2.45) is 0 Å². The number of fused-ring (bicyclic) bond motifs is 1. The first-order valence-electron chi connectivity index (χ1n) is 9.91. The standard InChI is InChI=1S/C22H21N7O/c30-22(28-19-14-24-9-8-20(19)29-12-10-23-11-13-29)18-7-3-6-17(25-18)21-26-15-4-1-2-5-16(15)27-21/h1-9,14,23H,10-13H2,(H,26,27)(H,28,30). The first kappa shape index (κ1) is 18.3. The third-order valence-electron chi connectivity index (χ3n) is 5.12. The highest BCUT2D eigenvalue weighted by atomic mass is 16.1. The Morgan fingerprint density at radius 2 is 1.87 bits per heavy atom. The van der Waals surface area contributed by atoms with Crippen molar-refractivity contribution in [2.75, 3.05) is 36.4 Å². The number of rotatable bonds is 4. The van der Waals surface area contributed by atoms with E-state index in [2.05, 4.69) is 35.5 Å². The number of carbonyl (C=O) groups is 1. The van der Waals surface area contributed by atoms with Crippen LogP contribution in [0.5, 0.6) is 0 Å². The molecule has 1 aliphatic heterocycles. The summed E-state index contributed by atoms with van der Waals surface area (Å²) in [6, 6.07) is 15.1. The predicted octanol–water partition coefficient (Wildman–Crippen LogP) is 2.68. The van der Waals surface area contributed by atoms with Crippen molar-refractivity contribution in [1.82, 2.24) is 25.3 Å². The van der Waals surface area contributed by atoms with Crippen LogP contribution in [0.25, 0.3) is 22.6 Å². The lowest BCUT2D eigenvalue weighted by Gasteiger charge is -2.30. The summed E-state index contributed by atoms with van der Waals surface area (Å²) in [6.07, 6.45) is 3.42. The summed E-state index contributed by atoms with van der Waals surface area (Å²) >= 11 is 0. The van der Waals surface area contributed by atoms with Crippen LogP contribution in [-0.2, 0) is 0 Å². The van der Waals surface area contributed by atoms with Crippen LogP contribution in [0, 0.1) is 0 Å². The van der Waals surface area contributed by atoms with Crippen LogP contribution in [0.2, 0.25) is 0 Å². The van der Waals surface area contributed by atoms with Crippen molar-refractivity contribution in [3.05, 3.63) is 66.6 Å². The lowest BCUT2D eigenvalue weighted by molar-refractivity contribution is 0.102. The maximum Gasteiger partial charge on any atom is 0.274 e. The molecule has 4 aromatic rings. The third-order valence-corrected chi connectivity index (χ3v) is 5.12. The van der Waals surface area contributed by atoms with Gasteiger partial charge >= 0.3 is 0 Å². The molecule has 0 saturated carbocycles. The molecule has 150 valence electrons. The molecule has 8 nitrogen and oxygen atoms in total. The molecule has 1 amide bonds. The Morgan fingerprint density at radius 3 is 2.73 bits per heavy atom. The van der Waals surface area contributed by atoms with Crippen LogP contribution < -0.4 is 15.5 Å². The van der Waals surface area contributed by atoms with E-state index < -0.39 is 0 Å². The minimum Gasteiger partial charge on any atom is -0.367 e. The summed E-state index contributed by atoms with van der Waals surface area (Å²) in [6.45, 7) is 3.59. The lowest BCUT2D eigenvalue weighted by atomic mass is 10.2. The Morgan fingerprint density at radius 1 is 1.00 bits per heavy atom. The van der Waals surface area contributed by atoms with E-state index in [-0.39, 0.29) is 5.91 Å². The number of aromatic amines is 1. The molecule has 1 saturated heterocycles. The summed E-state index contributed by atoms with van der Waals surface area (Å²) in [4.78, 5) is 31.7. The van der Waals surface area contributed by atoms with Crippen LogP contribution in [0.3, 0.4) is 0 Å². The summed E-state index contributed by atoms with van der Waals surface area (Å²) in [5.41, 5.74) is 4.38. The molecular weight excluding hydrogens is 378 g/mol. The van der Waals surface area contributed by atoms with Crippen LogP contribution in [0.1, 0.15) is 10.5 Å². The van der Waals surface area contributed by atoms with Gasteiger partial charge in [-0.15, -0.1) is 0 Å². The van der Waals surface area contributed by atoms with E-state index in [9.17, 15) is 4.79 Å². The van der Waals surface area contributed by atoms with E-state index in [4.69, 9.17) is 0 Å². The van der Waals surface area contributed by atoms with E-state index in [1.54, 1.807) is 18.5 Å². The average molecular weight is 399 g/mol. The topological polar surface area (TPSA) is 98.8 Å². The Kier molecular flexibility index (Phi) is 4.82. The summed E-state index contributed by atoms with van der Waals surface area (Å²) < 4.78 is 0. The number of para-hydroxylation sites is 2. The zero-order chi connectivity index (χ0) is 20.3. The molecule has 3 N–H and O–H groups in total. The number of H-pyrrole nitrogens is 1. The second kappa shape index (κ2) is 7.92. The molecule has 0 aliphatic carbocycles. The van der Waals surface area contributed by atoms with Crippen molar-refractivity contribution in [1.29, 1.82) is 0 Å². The van der Waals surface area contributed by atoms with Gasteiger partial charge in [-0.3, -0.25) is 9.78 Å². The van der Waals surface area contributed by atoms with Gasteiger partial charge in [0.1, 0.15) is 11.4 Å². The van der Waals surface area contributed by atoms with Crippen LogP contribution in [0.15, 0.2) is 60.9 Å². The summed E-state index contributed by atoms with van der Waals surface area (Å²) in [7, 11) is 0. The molecule has 30 heavy (non-hydrogen) atoms. The monoisotopic (exact) mass is 399 g/mol. The predicted molar refractivity (Wildman–Crippen MR) is 117 cm³/mol. The number of benzene rings is 1. The zero-order valence-corrected chi connectivity index (χ0v) is 16.3.